The molecule has 2 aliphatic rings. The van der Waals surface area contributed by atoms with Crippen LogP contribution in [0.2, 0.25) is 0 Å². The average Bonchev–Trinajstić information content (AvgIpc) is 3.52. The Hall–Kier alpha value is -3.38. The Labute approximate surface area is 223 Å². The fourth-order valence-corrected chi connectivity index (χ4v) is 6.14. The van der Waals surface area contributed by atoms with Gasteiger partial charge < -0.3 is 19.3 Å². The lowest BCUT2D eigenvalue weighted by Gasteiger charge is -2.32. The van der Waals surface area contributed by atoms with Crippen LogP contribution in [-0.2, 0) is 28.0 Å². The van der Waals surface area contributed by atoms with Crippen LogP contribution in [0.25, 0.3) is 11.1 Å². The van der Waals surface area contributed by atoms with Crippen molar-refractivity contribution in [2.24, 2.45) is 11.3 Å². The van der Waals surface area contributed by atoms with Gasteiger partial charge in [-0.2, -0.15) is 0 Å². The topological polar surface area (TPSA) is 65.0 Å². The second-order valence-corrected chi connectivity index (χ2v) is 11.6. The summed E-state index contributed by atoms with van der Waals surface area (Å²) in [5.41, 5.74) is 4.90. The molecule has 5 nitrogen and oxygen atoms in total. The molecule has 3 aromatic rings. The molecule has 0 aliphatic heterocycles. The fourth-order valence-electron chi connectivity index (χ4n) is 6.14. The number of methoxy groups -OCH3 is 2. The summed E-state index contributed by atoms with van der Waals surface area (Å²) >= 11 is 0. The maximum atomic E-state index is 15.0. The number of carboxylic acids is 1. The molecule has 5 rings (SSSR count). The predicted octanol–water partition coefficient (Wildman–Crippen LogP) is 7.10. The van der Waals surface area contributed by atoms with E-state index in [1.165, 1.54) is 11.6 Å². The van der Waals surface area contributed by atoms with E-state index in [-0.39, 0.29) is 28.7 Å². The predicted molar refractivity (Wildman–Crippen MR) is 144 cm³/mol. The van der Waals surface area contributed by atoms with Gasteiger partial charge >= 0.3 is 5.97 Å². The maximum Gasteiger partial charge on any atom is 0.307 e. The molecule has 0 heterocycles. The third-order valence-electron chi connectivity index (χ3n) is 8.12. The quantitative estimate of drug-likeness (QED) is 0.345. The second kappa shape index (κ2) is 9.73. The van der Waals surface area contributed by atoms with Gasteiger partial charge in [0.1, 0.15) is 23.9 Å². The van der Waals surface area contributed by atoms with Gasteiger partial charge in [0.25, 0.3) is 0 Å². The van der Waals surface area contributed by atoms with Crippen molar-refractivity contribution in [3.8, 4) is 22.6 Å². The van der Waals surface area contributed by atoms with Gasteiger partial charge in [-0.25, -0.2) is 4.39 Å². The van der Waals surface area contributed by atoms with Crippen molar-refractivity contribution < 1.29 is 28.5 Å². The number of benzene rings is 3. The van der Waals surface area contributed by atoms with Crippen molar-refractivity contribution in [3.05, 3.63) is 82.7 Å². The minimum atomic E-state index is -0.712. The summed E-state index contributed by atoms with van der Waals surface area (Å²) in [4.78, 5) is 11.6. The average molecular weight is 519 g/mol. The van der Waals surface area contributed by atoms with Crippen LogP contribution in [0.3, 0.4) is 0 Å². The van der Waals surface area contributed by atoms with Gasteiger partial charge in [-0.3, -0.25) is 4.79 Å². The van der Waals surface area contributed by atoms with Crippen LogP contribution in [-0.4, -0.2) is 25.3 Å². The van der Waals surface area contributed by atoms with Crippen LogP contribution in [0.4, 0.5) is 4.39 Å². The molecular formula is C32H35FO5. The number of hydrogen-bond acceptors (Lipinski definition) is 4. The third kappa shape index (κ3) is 4.66. The molecule has 0 bridgehead atoms. The largest absolute Gasteiger partial charge is 0.497 e. The van der Waals surface area contributed by atoms with Gasteiger partial charge in [-0.1, -0.05) is 39.0 Å². The highest BCUT2D eigenvalue weighted by atomic mass is 19.1. The van der Waals surface area contributed by atoms with E-state index in [9.17, 15) is 9.90 Å². The van der Waals surface area contributed by atoms with Gasteiger partial charge in [0.05, 0.1) is 19.1 Å². The van der Waals surface area contributed by atoms with E-state index in [1.807, 2.05) is 30.3 Å². The van der Waals surface area contributed by atoms with Crippen molar-refractivity contribution in [2.45, 2.75) is 58.2 Å². The van der Waals surface area contributed by atoms with Crippen LogP contribution in [0.1, 0.15) is 62.0 Å². The molecule has 38 heavy (non-hydrogen) atoms. The number of carboxylic acid groups (broad SMARTS) is 1. The second-order valence-electron chi connectivity index (χ2n) is 11.6. The first-order chi connectivity index (χ1) is 18.1. The van der Waals surface area contributed by atoms with Crippen LogP contribution < -0.4 is 9.47 Å². The first-order valence-corrected chi connectivity index (χ1v) is 13.1. The normalized spacial score (nSPS) is 20.7. The Morgan fingerprint density at radius 3 is 2.47 bits per heavy atom. The highest BCUT2D eigenvalue weighted by Gasteiger charge is 2.61. The number of aliphatic carboxylic acids is 1. The molecule has 200 valence electrons. The summed E-state index contributed by atoms with van der Waals surface area (Å²) in [5, 5.41) is 9.55. The maximum absolute atomic E-state index is 15.0. The third-order valence-corrected chi connectivity index (χ3v) is 8.12. The molecule has 3 atom stereocenters. The zero-order valence-corrected chi connectivity index (χ0v) is 22.6. The molecule has 0 radical (unpaired) electrons. The summed E-state index contributed by atoms with van der Waals surface area (Å²) in [6.07, 6.45) is 2.22. The van der Waals surface area contributed by atoms with Crippen LogP contribution in [0, 0.1) is 17.2 Å². The molecule has 0 saturated heterocycles. The van der Waals surface area contributed by atoms with E-state index in [0.29, 0.717) is 24.3 Å². The van der Waals surface area contributed by atoms with Gasteiger partial charge in [-0.05, 0) is 88.9 Å². The van der Waals surface area contributed by atoms with Gasteiger partial charge in [-0.15, -0.1) is 0 Å². The summed E-state index contributed by atoms with van der Waals surface area (Å²) in [7, 11) is 3.24. The summed E-state index contributed by atoms with van der Waals surface area (Å²) in [5.74, 6) is -0.0266. The number of aryl methyl sites for hydroxylation is 1. The summed E-state index contributed by atoms with van der Waals surface area (Å²) < 4.78 is 32.5. The Morgan fingerprint density at radius 1 is 1.05 bits per heavy atom. The number of carbonyl (C=O) groups is 1. The first-order valence-electron chi connectivity index (χ1n) is 13.1. The molecule has 2 aliphatic carbocycles. The highest BCUT2D eigenvalue weighted by Crippen LogP contribution is 2.62. The van der Waals surface area contributed by atoms with Crippen LogP contribution in [0.15, 0.2) is 54.6 Å². The van der Waals surface area contributed by atoms with Crippen molar-refractivity contribution in [3.63, 3.8) is 0 Å². The zero-order chi connectivity index (χ0) is 27.2. The fraction of sp³-hybridized carbons (Fsp3) is 0.406. The Morgan fingerprint density at radius 2 is 1.82 bits per heavy atom. The van der Waals surface area contributed by atoms with E-state index in [4.69, 9.17) is 14.2 Å². The first kappa shape index (κ1) is 26.2. The summed E-state index contributed by atoms with van der Waals surface area (Å²) in [6, 6.07) is 16.7. The van der Waals surface area contributed by atoms with E-state index >= 15 is 4.39 Å². The minimum Gasteiger partial charge on any atom is -0.497 e. The Kier molecular flexibility index (Phi) is 6.72. The molecule has 0 amide bonds. The minimum absolute atomic E-state index is 0.228. The highest BCUT2D eigenvalue weighted by molar-refractivity contribution is 5.78. The number of halogens is 1. The monoisotopic (exact) mass is 518 g/mol. The molecule has 6 heteroatoms. The standard InChI is InChI=1S/C32H35FO5/c1-31(2,3)29(37-5)25-14-19(6-10-23(25)24-15-21(36-4)9-11-28(24)33)18-38-22-8-7-20-12-13-32(26(20)16-22)17-27(32)30(34)35/h6-11,14-16,27,29H,12-13,17-18H2,1-5H3,(H,34,35)/t27-,29+,32-/m0/s1. The molecule has 3 aromatic carbocycles. The Balaban J connectivity index is 1.45. The SMILES string of the molecule is COc1ccc(F)c(-c2ccc(COc3ccc4c(c3)[C@]3(CC4)C[C@H]3C(=O)O)cc2[C@@H](OC)C(C)(C)C)c1. The van der Waals surface area contributed by atoms with E-state index in [2.05, 4.69) is 26.8 Å². The number of hydrogen-bond donors (Lipinski definition) is 1. The molecular weight excluding hydrogens is 483 g/mol. The number of fused-ring (bicyclic) bond motifs is 2. The number of rotatable bonds is 8. The van der Waals surface area contributed by atoms with Crippen molar-refractivity contribution in [1.29, 1.82) is 0 Å². The van der Waals surface area contributed by atoms with E-state index in [1.54, 1.807) is 26.4 Å². The lowest BCUT2D eigenvalue weighted by molar-refractivity contribution is -0.139. The Bertz CT molecular complexity index is 1370. The van der Waals surface area contributed by atoms with Crippen molar-refractivity contribution in [1.82, 2.24) is 0 Å². The van der Waals surface area contributed by atoms with E-state index < -0.39 is 5.97 Å². The molecule has 1 fully saturated rings. The van der Waals surface area contributed by atoms with Gasteiger partial charge in [0.2, 0.25) is 0 Å². The van der Waals surface area contributed by atoms with Gasteiger partial charge in [0, 0.05) is 18.1 Å². The van der Waals surface area contributed by atoms with Crippen LogP contribution >= 0.6 is 0 Å². The molecule has 0 aromatic heterocycles. The lowest BCUT2D eigenvalue weighted by Crippen LogP contribution is -2.21. The zero-order valence-electron chi connectivity index (χ0n) is 22.6. The van der Waals surface area contributed by atoms with Crippen molar-refractivity contribution >= 4 is 5.97 Å². The summed E-state index contributed by atoms with van der Waals surface area (Å²) in [6.45, 7) is 6.61. The molecule has 1 saturated carbocycles. The van der Waals surface area contributed by atoms with Crippen molar-refractivity contribution in [2.75, 3.05) is 14.2 Å². The molecule has 1 spiro atoms. The smallest absolute Gasteiger partial charge is 0.307 e. The van der Waals surface area contributed by atoms with E-state index in [0.717, 1.165) is 40.8 Å². The molecule has 0 unspecified atom stereocenters. The van der Waals surface area contributed by atoms with Crippen LogP contribution in [0.5, 0.6) is 11.5 Å². The lowest BCUT2D eigenvalue weighted by atomic mass is 9.81. The van der Waals surface area contributed by atoms with Gasteiger partial charge in [0.15, 0.2) is 0 Å². The molecule has 1 N–H and O–H groups in total. The number of ether oxygens (including phenoxy) is 3.